The predicted molar refractivity (Wildman–Crippen MR) is 104 cm³/mol. The van der Waals surface area contributed by atoms with Crippen LogP contribution in [0.25, 0.3) is 0 Å². The Morgan fingerprint density at radius 3 is 2.08 bits per heavy atom. The molecule has 0 bridgehead atoms. The molecule has 1 amide bonds. The summed E-state index contributed by atoms with van der Waals surface area (Å²) in [5, 5.41) is 1.01. The highest BCUT2D eigenvalue weighted by molar-refractivity contribution is 7.89. The van der Waals surface area contributed by atoms with Crippen LogP contribution in [0.2, 0.25) is 10.0 Å². The first-order valence-corrected chi connectivity index (χ1v) is 10.00. The average molecular weight is 415 g/mol. The third kappa shape index (κ3) is 4.20. The number of carbonyl (C=O) groups excluding carboxylic acids is 1. The topological polar surface area (TPSA) is 57.7 Å². The van der Waals surface area contributed by atoms with E-state index in [9.17, 15) is 13.2 Å². The lowest BCUT2D eigenvalue weighted by Crippen LogP contribution is -2.30. The molecule has 8 heteroatoms. The Kier molecular flexibility index (Phi) is 6.34. The molecule has 26 heavy (non-hydrogen) atoms. The minimum atomic E-state index is -3.53. The van der Waals surface area contributed by atoms with Crippen molar-refractivity contribution < 1.29 is 13.2 Å². The fraction of sp³-hybridized carbons (Fsp3) is 0.278. The molecule has 0 N–H and O–H groups in total. The Balaban J connectivity index is 2.25. The van der Waals surface area contributed by atoms with E-state index < -0.39 is 10.0 Å². The molecule has 0 saturated carbocycles. The summed E-state index contributed by atoms with van der Waals surface area (Å²) in [5.41, 5.74) is 1.17. The molecule has 2 aromatic carbocycles. The fourth-order valence-corrected chi connectivity index (χ4v) is 3.88. The van der Waals surface area contributed by atoms with Gasteiger partial charge in [0.2, 0.25) is 10.0 Å². The molecule has 2 aromatic rings. The van der Waals surface area contributed by atoms with Crippen molar-refractivity contribution in [3.05, 3.63) is 63.6 Å². The minimum Gasteiger partial charge on any atom is -0.335 e. The van der Waals surface area contributed by atoms with Gasteiger partial charge in [0.05, 0.1) is 10.9 Å². The van der Waals surface area contributed by atoms with Crippen LogP contribution in [-0.2, 0) is 10.0 Å². The standard InChI is InChI=1S/C18H20Cl2N2O3S/c1-12(16-10-7-14(19)11-17(16)20)22(4)18(23)13-5-8-15(9-6-13)26(24,25)21(2)3/h5-12H,1-4H3. The summed E-state index contributed by atoms with van der Waals surface area (Å²) in [6.45, 7) is 1.86. The zero-order valence-corrected chi connectivity index (χ0v) is 17.2. The number of rotatable bonds is 5. The fourth-order valence-electron chi connectivity index (χ4n) is 2.41. The van der Waals surface area contributed by atoms with Gasteiger partial charge < -0.3 is 4.90 Å². The van der Waals surface area contributed by atoms with E-state index in [4.69, 9.17) is 23.2 Å². The van der Waals surface area contributed by atoms with Gasteiger partial charge in [0.25, 0.3) is 5.91 Å². The van der Waals surface area contributed by atoms with Crippen LogP contribution in [0.4, 0.5) is 0 Å². The van der Waals surface area contributed by atoms with Gasteiger partial charge in [0, 0.05) is 36.8 Å². The molecule has 0 aliphatic heterocycles. The second kappa shape index (κ2) is 7.96. The van der Waals surface area contributed by atoms with Crippen LogP contribution in [0.1, 0.15) is 28.9 Å². The lowest BCUT2D eigenvalue weighted by atomic mass is 10.1. The summed E-state index contributed by atoms with van der Waals surface area (Å²) in [5.74, 6) is -0.239. The maximum atomic E-state index is 12.7. The Morgan fingerprint density at radius 2 is 1.58 bits per heavy atom. The molecule has 0 saturated heterocycles. The van der Waals surface area contributed by atoms with Crippen LogP contribution < -0.4 is 0 Å². The Hall–Kier alpha value is -1.60. The van der Waals surface area contributed by atoms with Crippen LogP contribution in [-0.4, -0.2) is 44.7 Å². The molecule has 140 valence electrons. The van der Waals surface area contributed by atoms with Gasteiger partial charge in [-0.2, -0.15) is 0 Å². The second-order valence-corrected chi connectivity index (χ2v) is 9.07. The summed E-state index contributed by atoms with van der Waals surface area (Å²) >= 11 is 12.1. The van der Waals surface area contributed by atoms with Crippen molar-refractivity contribution in [3.63, 3.8) is 0 Å². The first-order chi connectivity index (χ1) is 12.1. The molecule has 1 unspecified atom stereocenters. The maximum absolute atomic E-state index is 12.7. The van der Waals surface area contributed by atoms with Crippen molar-refractivity contribution in [1.29, 1.82) is 0 Å². The van der Waals surface area contributed by atoms with Crippen molar-refractivity contribution in [1.82, 2.24) is 9.21 Å². The number of nitrogens with zero attached hydrogens (tertiary/aromatic N) is 2. The molecule has 0 aliphatic carbocycles. The molecule has 0 spiro atoms. The quantitative estimate of drug-likeness (QED) is 0.740. The van der Waals surface area contributed by atoms with E-state index in [-0.39, 0.29) is 16.8 Å². The molecule has 0 heterocycles. The van der Waals surface area contributed by atoms with Gasteiger partial charge in [-0.25, -0.2) is 12.7 Å². The normalized spacial score (nSPS) is 12.9. The number of hydrogen-bond donors (Lipinski definition) is 0. The smallest absolute Gasteiger partial charge is 0.254 e. The molecule has 0 aromatic heterocycles. The van der Waals surface area contributed by atoms with Crippen LogP contribution in [0.5, 0.6) is 0 Å². The minimum absolute atomic E-state index is 0.135. The van der Waals surface area contributed by atoms with Gasteiger partial charge in [-0.3, -0.25) is 4.79 Å². The van der Waals surface area contributed by atoms with E-state index in [0.717, 1.165) is 9.87 Å². The van der Waals surface area contributed by atoms with Crippen LogP contribution >= 0.6 is 23.2 Å². The van der Waals surface area contributed by atoms with Crippen molar-refractivity contribution in [3.8, 4) is 0 Å². The van der Waals surface area contributed by atoms with Crippen molar-refractivity contribution in [2.75, 3.05) is 21.1 Å². The molecule has 0 fully saturated rings. The summed E-state index contributed by atoms with van der Waals surface area (Å²) < 4.78 is 25.3. The Morgan fingerprint density at radius 1 is 1.00 bits per heavy atom. The molecule has 5 nitrogen and oxygen atoms in total. The molecular formula is C18H20Cl2N2O3S. The molecule has 0 radical (unpaired) electrons. The predicted octanol–water partition coefficient (Wildman–Crippen LogP) is 4.08. The maximum Gasteiger partial charge on any atom is 0.254 e. The Labute approximate surface area is 164 Å². The highest BCUT2D eigenvalue weighted by atomic mass is 35.5. The van der Waals surface area contributed by atoms with Crippen LogP contribution in [0.3, 0.4) is 0 Å². The zero-order chi connectivity index (χ0) is 19.6. The van der Waals surface area contributed by atoms with Crippen LogP contribution in [0, 0.1) is 0 Å². The summed E-state index contributed by atoms with van der Waals surface area (Å²) in [4.78, 5) is 14.4. The lowest BCUT2D eigenvalue weighted by Gasteiger charge is -2.26. The highest BCUT2D eigenvalue weighted by Crippen LogP contribution is 2.30. The second-order valence-electron chi connectivity index (χ2n) is 6.07. The van der Waals surface area contributed by atoms with Gasteiger partial charge in [-0.1, -0.05) is 29.3 Å². The third-order valence-corrected chi connectivity index (χ3v) is 6.59. The van der Waals surface area contributed by atoms with Crippen molar-refractivity contribution >= 4 is 39.1 Å². The molecule has 0 aliphatic rings. The summed E-state index contributed by atoms with van der Waals surface area (Å²) in [6, 6.07) is 10.7. The number of sulfonamides is 1. The van der Waals surface area contributed by atoms with Crippen LogP contribution in [0.15, 0.2) is 47.4 Å². The van der Waals surface area contributed by atoms with Gasteiger partial charge in [-0.15, -0.1) is 0 Å². The summed E-state index contributed by atoms with van der Waals surface area (Å²) in [7, 11) is 1.06. The van der Waals surface area contributed by atoms with Crippen molar-refractivity contribution in [2.45, 2.75) is 17.9 Å². The SMILES string of the molecule is CC(c1ccc(Cl)cc1Cl)N(C)C(=O)c1ccc(S(=O)(=O)N(C)C)cc1. The zero-order valence-electron chi connectivity index (χ0n) is 14.9. The van der Waals surface area contributed by atoms with Gasteiger partial charge >= 0.3 is 0 Å². The first kappa shape index (κ1) is 20.7. The highest BCUT2D eigenvalue weighted by Gasteiger charge is 2.22. The number of carbonyl (C=O) groups is 1. The summed E-state index contributed by atoms with van der Waals surface area (Å²) in [6.07, 6.45) is 0. The van der Waals surface area contributed by atoms with Gasteiger partial charge in [0.1, 0.15) is 0 Å². The third-order valence-electron chi connectivity index (χ3n) is 4.19. The van der Waals surface area contributed by atoms with Gasteiger partial charge in [0.15, 0.2) is 0 Å². The largest absolute Gasteiger partial charge is 0.335 e. The van der Waals surface area contributed by atoms with E-state index in [1.807, 2.05) is 6.92 Å². The van der Waals surface area contributed by atoms with E-state index in [2.05, 4.69) is 0 Å². The van der Waals surface area contributed by atoms with E-state index in [1.54, 1.807) is 30.1 Å². The van der Waals surface area contributed by atoms with E-state index >= 15 is 0 Å². The van der Waals surface area contributed by atoms with Crippen molar-refractivity contribution in [2.24, 2.45) is 0 Å². The molecule has 2 rings (SSSR count). The number of hydrogen-bond acceptors (Lipinski definition) is 3. The lowest BCUT2D eigenvalue weighted by molar-refractivity contribution is 0.0742. The number of halogens is 2. The van der Waals surface area contributed by atoms with E-state index in [1.165, 1.54) is 38.4 Å². The number of amides is 1. The van der Waals surface area contributed by atoms with Gasteiger partial charge in [-0.05, 0) is 48.9 Å². The molecular weight excluding hydrogens is 395 g/mol. The Bertz CT molecular complexity index is 913. The van der Waals surface area contributed by atoms with E-state index in [0.29, 0.717) is 15.6 Å². The first-order valence-electron chi connectivity index (χ1n) is 7.80. The average Bonchev–Trinajstić information content (AvgIpc) is 2.60. The monoisotopic (exact) mass is 414 g/mol. The molecule has 1 atom stereocenters. The number of benzene rings is 2.